The SMILES string of the molecule is CC(C)OCCCCN=C1NC2CCCC2CS1. The van der Waals surface area contributed by atoms with Crippen LogP contribution < -0.4 is 5.32 Å². The van der Waals surface area contributed by atoms with Gasteiger partial charge in [-0.2, -0.15) is 0 Å². The van der Waals surface area contributed by atoms with E-state index in [2.05, 4.69) is 24.2 Å². The summed E-state index contributed by atoms with van der Waals surface area (Å²) in [5, 5.41) is 4.79. The van der Waals surface area contributed by atoms with Crippen LogP contribution in [0.25, 0.3) is 0 Å². The second-order valence-electron chi connectivity index (χ2n) is 5.57. The molecule has 0 bridgehead atoms. The van der Waals surface area contributed by atoms with Crippen molar-refractivity contribution in [2.45, 2.75) is 58.1 Å². The molecule has 1 saturated heterocycles. The number of unbranched alkanes of at least 4 members (excludes halogenated alkanes) is 1. The lowest BCUT2D eigenvalue weighted by molar-refractivity contribution is 0.0764. The molecule has 0 spiro atoms. The number of ether oxygens (including phenoxy) is 1. The van der Waals surface area contributed by atoms with Gasteiger partial charge in [0.2, 0.25) is 0 Å². The van der Waals surface area contributed by atoms with E-state index in [0.29, 0.717) is 12.1 Å². The van der Waals surface area contributed by atoms with Crippen molar-refractivity contribution in [3.8, 4) is 0 Å². The number of rotatable bonds is 6. The van der Waals surface area contributed by atoms with Crippen LogP contribution in [-0.4, -0.2) is 36.2 Å². The van der Waals surface area contributed by atoms with E-state index in [0.717, 1.165) is 31.9 Å². The van der Waals surface area contributed by atoms with E-state index in [1.54, 1.807) is 0 Å². The van der Waals surface area contributed by atoms with Crippen LogP contribution >= 0.6 is 11.8 Å². The van der Waals surface area contributed by atoms with Crippen molar-refractivity contribution in [3.05, 3.63) is 0 Å². The van der Waals surface area contributed by atoms with Gasteiger partial charge in [-0.05, 0) is 45.4 Å². The van der Waals surface area contributed by atoms with Crippen LogP contribution in [0, 0.1) is 5.92 Å². The van der Waals surface area contributed by atoms with Crippen LogP contribution in [0.2, 0.25) is 0 Å². The maximum atomic E-state index is 5.52. The number of hydrogen-bond donors (Lipinski definition) is 1. The fraction of sp³-hybridized carbons (Fsp3) is 0.929. The first kappa shape index (κ1) is 14.2. The molecule has 0 aromatic heterocycles. The Morgan fingerprint density at radius 2 is 2.28 bits per heavy atom. The Morgan fingerprint density at radius 3 is 3.11 bits per heavy atom. The predicted molar refractivity (Wildman–Crippen MR) is 79.3 cm³/mol. The van der Waals surface area contributed by atoms with Gasteiger partial charge in [0.05, 0.1) is 6.10 Å². The van der Waals surface area contributed by atoms with Crippen molar-refractivity contribution < 1.29 is 4.74 Å². The van der Waals surface area contributed by atoms with E-state index in [1.165, 1.54) is 30.2 Å². The van der Waals surface area contributed by atoms with Gasteiger partial charge in [-0.15, -0.1) is 0 Å². The molecule has 0 radical (unpaired) electrons. The highest BCUT2D eigenvalue weighted by atomic mass is 32.2. The van der Waals surface area contributed by atoms with Gasteiger partial charge in [0, 0.05) is 24.9 Å². The van der Waals surface area contributed by atoms with Gasteiger partial charge in [0.15, 0.2) is 5.17 Å². The minimum atomic E-state index is 0.353. The Hall–Kier alpha value is -0.220. The normalized spacial score (nSPS) is 29.6. The van der Waals surface area contributed by atoms with Crippen LogP contribution in [-0.2, 0) is 4.74 Å². The number of amidine groups is 1. The molecule has 2 fully saturated rings. The van der Waals surface area contributed by atoms with Crippen molar-refractivity contribution in [1.29, 1.82) is 0 Å². The maximum Gasteiger partial charge on any atom is 0.156 e. The number of fused-ring (bicyclic) bond motifs is 1. The number of nitrogens with zero attached hydrogens (tertiary/aromatic N) is 1. The third kappa shape index (κ3) is 4.47. The average molecular weight is 270 g/mol. The van der Waals surface area contributed by atoms with E-state index in [1.807, 2.05) is 11.8 Å². The summed E-state index contributed by atoms with van der Waals surface area (Å²) in [4.78, 5) is 4.67. The number of nitrogens with one attached hydrogen (secondary N) is 1. The smallest absolute Gasteiger partial charge is 0.156 e. The van der Waals surface area contributed by atoms with Crippen molar-refractivity contribution >= 4 is 16.9 Å². The van der Waals surface area contributed by atoms with E-state index in [9.17, 15) is 0 Å². The predicted octanol–water partition coefficient (Wildman–Crippen LogP) is 3.05. The first-order chi connectivity index (χ1) is 8.75. The van der Waals surface area contributed by atoms with Gasteiger partial charge in [0.25, 0.3) is 0 Å². The fourth-order valence-electron chi connectivity index (χ4n) is 2.62. The Bertz CT molecular complexity index is 281. The molecule has 1 aliphatic heterocycles. The van der Waals surface area contributed by atoms with E-state index < -0.39 is 0 Å². The van der Waals surface area contributed by atoms with Crippen LogP contribution in [0.5, 0.6) is 0 Å². The van der Waals surface area contributed by atoms with Crippen molar-refractivity contribution in [1.82, 2.24) is 5.32 Å². The van der Waals surface area contributed by atoms with Crippen molar-refractivity contribution in [2.24, 2.45) is 10.9 Å². The number of thioether (sulfide) groups is 1. The van der Waals surface area contributed by atoms with E-state index in [4.69, 9.17) is 4.74 Å². The first-order valence-corrected chi connectivity index (χ1v) is 8.29. The highest BCUT2D eigenvalue weighted by molar-refractivity contribution is 8.13. The zero-order valence-electron chi connectivity index (χ0n) is 11.7. The maximum absolute atomic E-state index is 5.52. The molecular weight excluding hydrogens is 244 g/mol. The van der Waals surface area contributed by atoms with Crippen LogP contribution in [0.4, 0.5) is 0 Å². The summed E-state index contributed by atoms with van der Waals surface area (Å²) in [5.74, 6) is 2.17. The summed E-state index contributed by atoms with van der Waals surface area (Å²) >= 11 is 1.92. The monoisotopic (exact) mass is 270 g/mol. The molecule has 2 unspecified atom stereocenters. The van der Waals surface area contributed by atoms with Crippen molar-refractivity contribution in [2.75, 3.05) is 18.9 Å². The summed E-state index contributed by atoms with van der Waals surface area (Å²) < 4.78 is 5.52. The molecule has 2 aliphatic rings. The molecular formula is C14H26N2OS. The largest absolute Gasteiger partial charge is 0.379 e. The Labute approximate surface area is 115 Å². The summed E-state index contributed by atoms with van der Waals surface area (Å²) in [6, 6.07) is 0.717. The summed E-state index contributed by atoms with van der Waals surface area (Å²) in [6.45, 7) is 5.98. The molecule has 104 valence electrons. The molecule has 1 N–H and O–H groups in total. The molecule has 1 aliphatic carbocycles. The lowest BCUT2D eigenvalue weighted by Gasteiger charge is -2.28. The lowest BCUT2D eigenvalue weighted by atomic mass is 10.1. The van der Waals surface area contributed by atoms with E-state index in [-0.39, 0.29) is 0 Å². The molecule has 4 heteroatoms. The second kappa shape index (κ2) is 7.39. The highest BCUT2D eigenvalue weighted by Gasteiger charge is 2.31. The van der Waals surface area contributed by atoms with Crippen LogP contribution in [0.15, 0.2) is 4.99 Å². The fourth-order valence-corrected chi connectivity index (χ4v) is 3.81. The lowest BCUT2D eigenvalue weighted by Crippen LogP contribution is -2.41. The van der Waals surface area contributed by atoms with Gasteiger partial charge >= 0.3 is 0 Å². The minimum Gasteiger partial charge on any atom is -0.379 e. The molecule has 0 aromatic rings. The van der Waals surface area contributed by atoms with Crippen LogP contribution in [0.3, 0.4) is 0 Å². The summed E-state index contributed by atoms with van der Waals surface area (Å²) in [6.07, 6.45) is 6.74. The zero-order chi connectivity index (χ0) is 12.8. The Kier molecular flexibility index (Phi) is 5.83. The average Bonchev–Trinajstić information content (AvgIpc) is 2.80. The molecule has 1 saturated carbocycles. The van der Waals surface area contributed by atoms with Gasteiger partial charge in [-0.1, -0.05) is 18.2 Å². The van der Waals surface area contributed by atoms with Gasteiger partial charge < -0.3 is 10.1 Å². The molecule has 0 aromatic carbocycles. The summed E-state index contributed by atoms with van der Waals surface area (Å²) in [5.41, 5.74) is 0. The van der Waals surface area contributed by atoms with Gasteiger partial charge in [-0.25, -0.2) is 0 Å². The van der Waals surface area contributed by atoms with Gasteiger partial charge in [0.1, 0.15) is 0 Å². The van der Waals surface area contributed by atoms with Crippen LogP contribution in [0.1, 0.15) is 46.0 Å². The second-order valence-corrected chi connectivity index (χ2v) is 6.58. The molecule has 2 rings (SSSR count). The van der Waals surface area contributed by atoms with Gasteiger partial charge in [-0.3, -0.25) is 4.99 Å². The number of hydrogen-bond acceptors (Lipinski definition) is 3. The quantitative estimate of drug-likeness (QED) is 0.753. The Morgan fingerprint density at radius 1 is 1.39 bits per heavy atom. The highest BCUT2D eigenvalue weighted by Crippen LogP contribution is 2.32. The third-order valence-electron chi connectivity index (χ3n) is 3.66. The minimum absolute atomic E-state index is 0.353. The molecule has 2 atom stereocenters. The summed E-state index contributed by atoms with van der Waals surface area (Å²) in [7, 11) is 0. The van der Waals surface area contributed by atoms with Crippen molar-refractivity contribution in [3.63, 3.8) is 0 Å². The molecule has 3 nitrogen and oxygen atoms in total. The first-order valence-electron chi connectivity index (χ1n) is 7.31. The topological polar surface area (TPSA) is 33.6 Å². The molecule has 0 amide bonds. The zero-order valence-corrected chi connectivity index (χ0v) is 12.5. The molecule has 1 heterocycles. The Balaban J connectivity index is 1.58. The number of aliphatic imine (C=N–C) groups is 1. The standard InChI is InChI=1S/C14H26N2OS/c1-11(2)17-9-4-3-8-15-14-16-13-7-5-6-12(13)10-18-14/h11-13H,3-10H2,1-2H3,(H,15,16). The third-order valence-corrected chi connectivity index (χ3v) is 4.78. The van der Waals surface area contributed by atoms with E-state index >= 15 is 0 Å². The molecule has 18 heavy (non-hydrogen) atoms.